The van der Waals surface area contributed by atoms with E-state index in [1.165, 1.54) is 0 Å². The van der Waals surface area contributed by atoms with Crippen LogP contribution in [0.3, 0.4) is 0 Å². The monoisotopic (exact) mass is 285 g/mol. The highest BCUT2D eigenvalue weighted by molar-refractivity contribution is 6.42. The van der Waals surface area contributed by atoms with E-state index in [1.807, 2.05) is 13.8 Å². The standard InChI is InChI=1S/C13H17Cl2N3/c1-12(2,13(3,4)16)11-17-9-5-7(14)8(15)6-10(9)18-11/h5-6H,16H2,1-4H3,(H,17,18). The molecule has 0 fully saturated rings. The van der Waals surface area contributed by atoms with Gasteiger partial charge in [0.25, 0.3) is 0 Å². The van der Waals surface area contributed by atoms with Crippen molar-refractivity contribution in [3.8, 4) is 0 Å². The first-order chi connectivity index (χ1) is 8.13. The molecule has 1 heterocycles. The maximum atomic E-state index is 6.21. The molecule has 5 heteroatoms. The van der Waals surface area contributed by atoms with Crippen molar-refractivity contribution in [2.75, 3.05) is 0 Å². The zero-order chi connectivity index (χ0) is 13.7. The third kappa shape index (κ3) is 2.11. The van der Waals surface area contributed by atoms with Crippen LogP contribution in [0.5, 0.6) is 0 Å². The number of H-pyrrole nitrogens is 1. The van der Waals surface area contributed by atoms with Gasteiger partial charge in [0, 0.05) is 11.0 Å². The Kier molecular flexibility index (Phi) is 3.13. The number of nitrogens with one attached hydrogen (secondary N) is 1. The highest BCUT2D eigenvalue weighted by Gasteiger charge is 2.37. The summed E-state index contributed by atoms with van der Waals surface area (Å²) < 4.78 is 0. The summed E-state index contributed by atoms with van der Waals surface area (Å²) in [5, 5.41) is 1.02. The molecule has 98 valence electrons. The van der Waals surface area contributed by atoms with Gasteiger partial charge in [-0.2, -0.15) is 0 Å². The van der Waals surface area contributed by atoms with Crippen LogP contribution >= 0.6 is 23.2 Å². The summed E-state index contributed by atoms with van der Waals surface area (Å²) in [4.78, 5) is 7.85. The molecule has 2 aromatic rings. The molecular weight excluding hydrogens is 269 g/mol. The Labute approximate surface area is 117 Å². The van der Waals surface area contributed by atoms with Gasteiger partial charge in [0.05, 0.1) is 21.1 Å². The lowest BCUT2D eigenvalue weighted by molar-refractivity contribution is 0.293. The van der Waals surface area contributed by atoms with Gasteiger partial charge in [-0.25, -0.2) is 4.98 Å². The average molecular weight is 286 g/mol. The van der Waals surface area contributed by atoms with E-state index < -0.39 is 5.54 Å². The minimum absolute atomic E-state index is 0.287. The van der Waals surface area contributed by atoms with Crippen molar-refractivity contribution in [1.29, 1.82) is 0 Å². The van der Waals surface area contributed by atoms with Crippen LogP contribution in [-0.4, -0.2) is 15.5 Å². The first-order valence-electron chi connectivity index (χ1n) is 5.77. The summed E-state index contributed by atoms with van der Waals surface area (Å²) >= 11 is 12.0. The quantitative estimate of drug-likeness (QED) is 0.880. The molecule has 0 aliphatic carbocycles. The van der Waals surface area contributed by atoms with Crippen LogP contribution in [0, 0.1) is 0 Å². The third-order valence-corrected chi connectivity index (χ3v) is 4.45. The van der Waals surface area contributed by atoms with E-state index in [-0.39, 0.29) is 5.41 Å². The number of nitrogens with two attached hydrogens (primary N) is 1. The summed E-state index contributed by atoms with van der Waals surface area (Å²) in [6.45, 7) is 8.10. The average Bonchev–Trinajstić information content (AvgIpc) is 2.60. The van der Waals surface area contributed by atoms with E-state index in [1.54, 1.807) is 12.1 Å². The first kappa shape index (κ1) is 13.7. The number of imidazole rings is 1. The van der Waals surface area contributed by atoms with Gasteiger partial charge in [-0.1, -0.05) is 37.0 Å². The van der Waals surface area contributed by atoms with Crippen molar-refractivity contribution >= 4 is 34.2 Å². The molecular formula is C13H17Cl2N3. The lowest BCUT2D eigenvalue weighted by Gasteiger charge is -2.36. The molecule has 0 radical (unpaired) electrons. The number of fused-ring (bicyclic) bond motifs is 1. The fraction of sp³-hybridized carbons (Fsp3) is 0.462. The fourth-order valence-electron chi connectivity index (χ4n) is 1.61. The molecule has 1 aromatic carbocycles. The molecule has 18 heavy (non-hydrogen) atoms. The number of aromatic amines is 1. The number of benzene rings is 1. The summed E-state index contributed by atoms with van der Waals surface area (Å²) in [5.41, 5.74) is 7.21. The third-order valence-electron chi connectivity index (χ3n) is 3.73. The van der Waals surface area contributed by atoms with Crippen LogP contribution in [-0.2, 0) is 5.41 Å². The molecule has 3 nitrogen and oxygen atoms in total. The van der Waals surface area contributed by atoms with Gasteiger partial charge in [0.15, 0.2) is 0 Å². The number of hydrogen-bond donors (Lipinski definition) is 2. The van der Waals surface area contributed by atoms with Crippen LogP contribution in [0.4, 0.5) is 0 Å². The van der Waals surface area contributed by atoms with Gasteiger partial charge >= 0.3 is 0 Å². The summed E-state index contributed by atoms with van der Waals surface area (Å²) in [6.07, 6.45) is 0. The zero-order valence-electron chi connectivity index (χ0n) is 10.9. The molecule has 0 atom stereocenters. The van der Waals surface area contributed by atoms with Gasteiger partial charge in [0.1, 0.15) is 5.82 Å². The molecule has 0 aliphatic heterocycles. The van der Waals surface area contributed by atoms with Gasteiger partial charge in [-0.15, -0.1) is 0 Å². The molecule has 0 aliphatic rings. The molecule has 0 unspecified atom stereocenters. The maximum Gasteiger partial charge on any atom is 0.114 e. The van der Waals surface area contributed by atoms with Gasteiger partial charge in [-0.05, 0) is 26.0 Å². The number of nitrogens with zero attached hydrogens (tertiary/aromatic N) is 1. The Bertz CT molecular complexity index is 555. The number of rotatable bonds is 2. The maximum absolute atomic E-state index is 6.21. The lowest BCUT2D eigenvalue weighted by atomic mass is 9.74. The summed E-state index contributed by atoms with van der Waals surface area (Å²) in [7, 11) is 0. The van der Waals surface area contributed by atoms with Crippen molar-refractivity contribution in [2.45, 2.75) is 38.6 Å². The highest BCUT2D eigenvalue weighted by Crippen LogP contribution is 2.34. The SMILES string of the molecule is CC(C)(N)C(C)(C)c1nc2cc(Cl)c(Cl)cc2[nH]1. The lowest BCUT2D eigenvalue weighted by Crippen LogP contribution is -2.50. The van der Waals surface area contributed by atoms with Gasteiger partial charge in [0.2, 0.25) is 0 Å². The molecule has 3 N–H and O–H groups in total. The normalized spacial score (nSPS) is 13.3. The first-order valence-corrected chi connectivity index (χ1v) is 6.52. The fourth-order valence-corrected chi connectivity index (χ4v) is 1.93. The van der Waals surface area contributed by atoms with Crippen molar-refractivity contribution in [3.05, 3.63) is 28.0 Å². The van der Waals surface area contributed by atoms with Crippen molar-refractivity contribution in [3.63, 3.8) is 0 Å². The number of aromatic nitrogens is 2. The zero-order valence-corrected chi connectivity index (χ0v) is 12.4. The second-order valence-electron chi connectivity index (χ2n) is 5.72. The molecule has 1 aromatic heterocycles. The Morgan fingerprint density at radius 3 is 2.22 bits per heavy atom. The highest BCUT2D eigenvalue weighted by atomic mass is 35.5. The second kappa shape index (κ2) is 4.12. The number of halogens is 2. The molecule has 0 spiro atoms. The minimum atomic E-state index is -0.394. The van der Waals surface area contributed by atoms with Crippen LogP contribution < -0.4 is 5.73 Å². The van der Waals surface area contributed by atoms with E-state index >= 15 is 0 Å². The summed E-state index contributed by atoms with van der Waals surface area (Å²) in [6, 6.07) is 3.55. The second-order valence-corrected chi connectivity index (χ2v) is 6.53. The van der Waals surface area contributed by atoms with Crippen LogP contribution in [0.15, 0.2) is 12.1 Å². The van der Waals surface area contributed by atoms with Crippen LogP contribution in [0.2, 0.25) is 10.0 Å². The predicted octanol–water partition coefficient (Wildman–Crippen LogP) is 3.88. The van der Waals surface area contributed by atoms with E-state index in [0.29, 0.717) is 10.0 Å². The van der Waals surface area contributed by atoms with E-state index in [4.69, 9.17) is 28.9 Å². The Morgan fingerprint density at radius 2 is 1.67 bits per heavy atom. The van der Waals surface area contributed by atoms with E-state index in [9.17, 15) is 0 Å². The van der Waals surface area contributed by atoms with Crippen molar-refractivity contribution in [2.24, 2.45) is 5.73 Å². The number of hydrogen-bond acceptors (Lipinski definition) is 2. The Balaban J connectivity index is 2.61. The molecule has 0 bridgehead atoms. The smallest absolute Gasteiger partial charge is 0.114 e. The van der Waals surface area contributed by atoms with Gasteiger partial charge < -0.3 is 10.7 Å². The van der Waals surface area contributed by atoms with Crippen LogP contribution in [0.25, 0.3) is 11.0 Å². The largest absolute Gasteiger partial charge is 0.341 e. The minimum Gasteiger partial charge on any atom is -0.341 e. The van der Waals surface area contributed by atoms with Crippen molar-refractivity contribution < 1.29 is 0 Å². The molecule has 0 amide bonds. The van der Waals surface area contributed by atoms with Crippen LogP contribution in [0.1, 0.15) is 33.5 Å². The molecule has 0 saturated heterocycles. The predicted molar refractivity (Wildman–Crippen MR) is 77.4 cm³/mol. The van der Waals surface area contributed by atoms with Gasteiger partial charge in [-0.3, -0.25) is 0 Å². The Hall–Kier alpha value is -0.770. The molecule has 0 saturated carbocycles. The van der Waals surface area contributed by atoms with E-state index in [0.717, 1.165) is 16.9 Å². The van der Waals surface area contributed by atoms with Crippen molar-refractivity contribution in [1.82, 2.24) is 9.97 Å². The summed E-state index contributed by atoms with van der Waals surface area (Å²) in [5.74, 6) is 0.836. The topological polar surface area (TPSA) is 54.7 Å². The Morgan fingerprint density at radius 1 is 1.11 bits per heavy atom. The molecule has 2 rings (SSSR count). The van der Waals surface area contributed by atoms with E-state index in [2.05, 4.69) is 23.8 Å².